The minimum atomic E-state index is 0.579. The van der Waals surface area contributed by atoms with Gasteiger partial charge >= 0.3 is 0 Å². The van der Waals surface area contributed by atoms with Crippen molar-refractivity contribution in [2.75, 3.05) is 20.1 Å². The summed E-state index contributed by atoms with van der Waals surface area (Å²) in [5.41, 5.74) is 6.09. The van der Waals surface area contributed by atoms with Crippen LogP contribution in [0.4, 0.5) is 0 Å². The minimum Gasteiger partial charge on any atom is -0.430 e. The Labute approximate surface area is 172 Å². The molecule has 0 aliphatic carbocycles. The quantitative estimate of drug-likeness (QED) is 0.492. The van der Waals surface area contributed by atoms with Crippen molar-refractivity contribution in [2.45, 2.75) is 40.5 Å². The van der Waals surface area contributed by atoms with Gasteiger partial charge in [0.05, 0.1) is 0 Å². The Bertz CT molecular complexity index is 918. The Hall–Kier alpha value is -2.24. The molecule has 28 heavy (non-hydrogen) atoms. The molecule has 0 aliphatic heterocycles. The zero-order chi connectivity index (χ0) is 20.1. The normalized spacial score (nSPS) is 11.2. The summed E-state index contributed by atoms with van der Waals surface area (Å²) < 4.78 is 10.5. The minimum absolute atomic E-state index is 0.579. The predicted octanol–water partition coefficient (Wildman–Crippen LogP) is 5.67. The van der Waals surface area contributed by atoms with Gasteiger partial charge in [0.15, 0.2) is 5.82 Å². The van der Waals surface area contributed by atoms with E-state index in [-0.39, 0.29) is 0 Å². The highest BCUT2D eigenvalue weighted by atomic mass is 32.1. The third kappa shape index (κ3) is 4.97. The molecule has 0 N–H and O–H groups in total. The van der Waals surface area contributed by atoms with Gasteiger partial charge in [0.2, 0.25) is 0 Å². The fourth-order valence-electron chi connectivity index (χ4n) is 3.05. The maximum absolute atomic E-state index is 6.07. The van der Waals surface area contributed by atoms with Crippen LogP contribution in [0.25, 0.3) is 11.4 Å². The molecule has 4 nitrogen and oxygen atoms in total. The van der Waals surface area contributed by atoms with Crippen molar-refractivity contribution in [3.05, 3.63) is 58.7 Å². The van der Waals surface area contributed by atoms with Gasteiger partial charge in [-0.1, -0.05) is 44.2 Å². The summed E-state index contributed by atoms with van der Waals surface area (Å²) in [5, 5.41) is 0.579. The molecule has 0 radical (unpaired) electrons. The second-order valence-electron chi connectivity index (χ2n) is 7.23. The largest absolute Gasteiger partial charge is 0.430 e. The average Bonchev–Trinajstić information content (AvgIpc) is 3.17. The van der Waals surface area contributed by atoms with Gasteiger partial charge in [0.25, 0.3) is 5.19 Å². The molecule has 3 rings (SSSR count). The molecule has 0 amide bonds. The Morgan fingerprint density at radius 1 is 1.04 bits per heavy atom. The lowest BCUT2D eigenvalue weighted by atomic mass is 10.0. The smallest absolute Gasteiger partial charge is 0.299 e. The number of hydrogen-bond acceptors (Lipinski definition) is 5. The lowest BCUT2D eigenvalue weighted by Crippen LogP contribution is -2.20. The van der Waals surface area contributed by atoms with E-state index in [0.29, 0.717) is 5.19 Å². The lowest BCUT2D eigenvalue weighted by molar-refractivity contribution is 0.357. The van der Waals surface area contributed by atoms with Crippen LogP contribution >= 0.6 is 11.5 Å². The highest BCUT2D eigenvalue weighted by Crippen LogP contribution is 2.31. The molecule has 0 unspecified atom stereocenters. The molecule has 148 valence electrons. The van der Waals surface area contributed by atoms with Crippen LogP contribution in [0.15, 0.2) is 36.4 Å². The number of hydrogen-bond donors (Lipinski definition) is 0. The van der Waals surface area contributed by atoms with Gasteiger partial charge in [-0.3, -0.25) is 0 Å². The first kappa shape index (κ1) is 20.5. The molecule has 1 aromatic heterocycles. The van der Waals surface area contributed by atoms with Gasteiger partial charge in [-0.05, 0) is 68.6 Å². The molecule has 3 aromatic rings. The fraction of sp³-hybridized carbons (Fsp3) is 0.391. The third-order valence-electron chi connectivity index (χ3n) is 5.16. The number of benzene rings is 2. The van der Waals surface area contributed by atoms with E-state index in [1.165, 1.54) is 28.2 Å². The summed E-state index contributed by atoms with van der Waals surface area (Å²) in [5.74, 6) is 1.57. The molecule has 1 heterocycles. The summed E-state index contributed by atoms with van der Waals surface area (Å²) in [6, 6.07) is 12.7. The first-order chi connectivity index (χ1) is 13.5. The highest BCUT2D eigenvalue weighted by Gasteiger charge is 2.12. The first-order valence-corrected chi connectivity index (χ1v) is 10.7. The van der Waals surface area contributed by atoms with Crippen molar-refractivity contribution < 1.29 is 4.74 Å². The monoisotopic (exact) mass is 395 g/mol. The highest BCUT2D eigenvalue weighted by molar-refractivity contribution is 7.07. The summed E-state index contributed by atoms with van der Waals surface area (Å²) in [6.07, 6.45) is 2.08. The van der Waals surface area contributed by atoms with Crippen molar-refractivity contribution >= 4 is 11.5 Å². The van der Waals surface area contributed by atoms with Crippen LogP contribution < -0.4 is 4.74 Å². The van der Waals surface area contributed by atoms with E-state index in [4.69, 9.17) is 4.74 Å². The van der Waals surface area contributed by atoms with Gasteiger partial charge in [-0.25, -0.2) is 0 Å². The van der Waals surface area contributed by atoms with Gasteiger partial charge in [-0.15, -0.1) is 0 Å². The standard InChI is InChI=1S/C23H29N3OS/c1-6-18-8-10-19(11-9-18)22-24-23(28-25-22)27-21-15-16(3)20(14-17(21)4)12-13-26(5)7-2/h8-11,14-15H,6-7,12-13H2,1-5H3. The maximum atomic E-state index is 6.07. The predicted molar refractivity (Wildman–Crippen MR) is 118 cm³/mol. The zero-order valence-electron chi connectivity index (χ0n) is 17.5. The molecule has 0 bridgehead atoms. The Morgan fingerprint density at radius 3 is 2.46 bits per heavy atom. The van der Waals surface area contributed by atoms with Gasteiger partial charge in [0.1, 0.15) is 5.75 Å². The summed E-state index contributed by atoms with van der Waals surface area (Å²) in [4.78, 5) is 6.90. The molecule has 2 aromatic carbocycles. The van der Waals surface area contributed by atoms with Crippen LogP contribution in [0.3, 0.4) is 0 Å². The van der Waals surface area contributed by atoms with E-state index in [2.05, 4.69) is 85.4 Å². The second-order valence-corrected chi connectivity index (χ2v) is 7.94. The van der Waals surface area contributed by atoms with Crippen LogP contribution in [-0.4, -0.2) is 34.4 Å². The van der Waals surface area contributed by atoms with Crippen LogP contribution in [0.1, 0.15) is 36.1 Å². The Morgan fingerprint density at radius 2 is 1.79 bits per heavy atom. The van der Waals surface area contributed by atoms with Crippen LogP contribution in [0.5, 0.6) is 10.9 Å². The fourth-order valence-corrected chi connectivity index (χ4v) is 3.62. The molecule has 0 atom stereocenters. The zero-order valence-corrected chi connectivity index (χ0v) is 18.3. The molecule has 0 saturated carbocycles. The number of aromatic nitrogens is 2. The third-order valence-corrected chi connectivity index (χ3v) is 5.76. The molecule has 0 aliphatic rings. The van der Waals surface area contributed by atoms with Crippen molar-refractivity contribution in [3.8, 4) is 22.3 Å². The number of likely N-dealkylation sites (N-methyl/N-ethyl adjacent to an activating group) is 1. The van der Waals surface area contributed by atoms with Crippen LogP contribution in [0, 0.1) is 13.8 Å². The topological polar surface area (TPSA) is 38.2 Å². The number of aryl methyl sites for hydroxylation is 3. The van der Waals surface area contributed by atoms with E-state index in [0.717, 1.165) is 48.6 Å². The molecule has 0 saturated heterocycles. The summed E-state index contributed by atoms with van der Waals surface area (Å²) >= 11 is 1.30. The summed E-state index contributed by atoms with van der Waals surface area (Å²) in [6.45, 7) is 10.7. The molecule has 0 fully saturated rings. The average molecular weight is 396 g/mol. The van der Waals surface area contributed by atoms with Crippen molar-refractivity contribution in [1.82, 2.24) is 14.3 Å². The SMILES string of the molecule is CCc1ccc(-c2nsc(Oc3cc(C)c(CCN(C)CC)cc3C)n2)cc1. The summed E-state index contributed by atoms with van der Waals surface area (Å²) in [7, 11) is 2.16. The van der Waals surface area contributed by atoms with E-state index in [1.54, 1.807) is 0 Å². The van der Waals surface area contributed by atoms with Crippen molar-refractivity contribution in [1.29, 1.82) is 0 Å². The van der Waals surface area contributed by atoms with E-state index >= 15 is 0 Å². The number of ether oxygens (including phenoxy) is 1. The Kier molecular flexibility index (Phi) is 6.81. The maximum Gasteiger partial charge on any atom is 0.299 e. The van der Waals surface area contributed by atoms with Gasteiger partial charge in [0, 0.05) is 23.6 Å². The van der Waals surface area contributed by atoms with E-state index < -0.39 is 0 Å². The molecule has 0 spiro atoms. The Balaban J connectivity index is 1.73. The first-order valence-electron chi connectivity index (χ1n) is 9.89. The van der Waals surface area contributed by atoms with Gasteiger partial charge < -0.3 is 9.64 Å². The van der Waals surface area contributed by atoms with E-state index in [1.807, 2.05) is 0 Å². The van der Waals surface area contributed by atoms with Crippen LogP contribution in [0.2, 0.25) is 0 Å². The number of rotatable bonds is 8. The van der Waals surface area contributed by atoms with E-state index in [9.17, 15) is 0 Å². The lowest BCUT2D eigenvalue weighted by Gasteiger charge is -2.16. The number of nitrogens with zero attached hydrogens (tertiary/aromatic N) is 3. The molecule has 5 heteroatoms. The van der Waals surface area contributed by atoms with Gasteiger partial charge in [-0.2, -0.15) is 9.36 Å². The molecular weight excluding hydrogens is 366 g/mol. The second kappa shape index (κ2) is 9.30. The van der Waals surface area contributed by atoms with Crippen LogP contribution in [-0.2, 0) is 12.8 Å². The van der Waals surface area contributed by atoms with Crippen molar-refractivity contribution in [3.63, 3.8) is 0 Å². The van der Waals surface area contributed by atoms with Crippen molar-refractivity contribution in [2.24, 2.45) is 0 Å². The molecular formula is C23H29N3OS.